The summed E-state index contributed by atoms with van der Waals surface area (Å²) in [5.74, 6) is 0. The highest BCUT2D eigenvalue weighted by atomic mass is 32.7. The first kappa shape index (κ1) is 8.54. The second kappa shape index (κ2) is 2.90. The highest BCUT2D eigenvalue weighted by molar-refractivity contribution is 8.56. The predicted octanol–water partition coefficient (Wildman–Crippen LogP) is 1.94. The van der Waals surface area contributed by atoms with Crippen molar-refractivity contribution in [1.29, 1.82) is 0 Å². The van der Waals surface area contributed by atoms with Gasteiger partial charge in [-0.2, -0.15) is 0 Å². The Morgan fingerprint density at radius 1 is 1.62 bits per heavy atom. The molecule has 2 nitrogen and oxygen atoms in total. The molecule has 8 heavy (non-hydrogen) atoms. The smallest absolute Gasteiger partial charge is 0.252 e. The lowest BCUT2D eigenvalue weighted by atomic mass is 10.6. The summed E-state index contributed by atoms with van der Waals surface area (Å²) in [5.41, 5.74) is 0. The minimum absolute atomic E-state index is 0.246. The zero-order valence-electron chi connectivity index (χ0n) is 5.29. The molecule has 1 N–H and O–H groups in total. The highest BCUT2D eigenvalue weighted by Gasteiger charge is 2.11. The zero-order valence-corrected chi connectivity index (χ0v) is 7.00. The first-order valence-corrected chi connectivity index (χ1v) is 5.99. The quantitative estimate of drug-likeness (QED) is 0.617. The predicted molar refractivity (Wildman–Crippen MR) is 38.5 cm³/mol. The summed E-state index contributed by atoms with van der Waals surface area (Å²) in [6.07, 6.45) is 0. The van der Waals surface area contributed by atoms with Crippen LogP contribution in [0.1, 0.15) is 13.8 Å². The maximum atomic E-state index is 10.5. The molecule has 50 valence electrons. The molecule has 0 fully saturated rings. The molecule has 0 aromatic heterocycles. The van der Waals surface area contributed by atoms with Crippen LogP contribution in [-0.2, 0) is 4.57 Å². The molecule has 0 aromatic carbocycles. The van der Waals surface area contributed by atoms with E-state index in [-0.39, 0.29) is 5.25 Å². The van der Waals surface area contributed by atoms with Gasteiger partial charge in [0.2, 0.25) is 0 Å². The van der Waals surface area contributed by atoms with E-state index in [2.05, 4.69) is 0 Å². The van der Waals surface area contributed by atoms with E-state index >= 15 is 0 Å². The second-order valence-electron chi connectivity index (χ2n) is 1.96. The van der Waals surface area contributed by atoms with Crippen LogP contribution >= 0.6 is 18.0 Å². The molecule has 0 aromatic rings. The zero-order chi connectivity index (χ0) is 6.78. The molecule has 0 heterocycles. The Hall–Kier alpha value is 0.540. The van der Waals surface area contributed by atoms with E-state index in [4.69, 9.17) is 4.89 Å². The van der Waals surface area contributed by atoms with Gasteiger partial charge in [0.25, 0.3) is 6.57 Å². The van der Waals surface area contributed by atoms with Gasteiger partial charge in [-0.15, -0.1) is 0 Å². The van der Waals surface area contributed by atoms with Gasteiger partial charge in [-0.05, 0) is 0 Å². The van der Waals surface area contributed by atoms with Crippen molar-refractivity contribution in [3.05, 3.63) is 0 Å². The van der Waals surface area contributed by atoms with Crippen molar-refractivity contribution in [3.8, 4) is 0 Å². The summed E-state index contributed by atoms with van der Waals surface area (Å²) in [5, 5.41) is 0.246. The van der Waals surface area contributed by atoms with Crippen molar-refractivity contribution < 1.29 is 9.46 Å². The maximum Gasteiger partial charge on any atom is 0.252 e. The van der Waals surface area contributed by atoms with E-state index in [0.717, 1.165) is 11.4 Å². The van der Waals surface area contributed by atoms with Gasteiger partial charge in [-0.3, -0.25) is 4.57 Å². The van der Waals surface area contributed by atoms with Crippen LogP contribution in [0.3, 0.4) is 0 Å². The Morgan fingerprint density at radius 2 is 2.00 bits per heavy atom. The lowest BCUT2D eigenvalue weighted by Crippen LogP contribution is -1.83. The van der Waals surface area contributed by atoms with E-state index in [1.165, 1.54) is 6.66 Å². The summed E-state index contributed by atoms with van der Waals surface area (Å²) in [6, 6.07) is 0. The molecule has 1 unspecified atom stereocenters. The Morgan fingerprint density at radius 3 is 2.00 bits per heavy atom. The van der Waals surface area contributed by atoms with Crippen LogP contribution < -0.4 is 0 Å². The molecule has 4 heteroatoms. The summed E-state index contributed by atoms with van der Waals surface area (Å²) in [4.78, 5) is 8.71. The third kappa shape index (κ3) is 6.54. The molecule has 0 amide bonds. The van der Waals surface area contributed by atoms with Gasteiger partial charge in [0.1, 0.15) is 0 Å². The van der Waals surface area contributed by atoms with Crippen LogP contribution in [0.4, 0.5) is 0 Å². The van der Waals surface area contributed by atoms with Gasteiger partial charge in [0, 0.05) is 11.9 Å². The largest absolute Gasteiger partial charge is 0.337 e. The SMILES string of the molecule is CC(C)SP(C)(=O)O. The van der Waals surface area contributed by atoms with Gasteiger partial charge in [-0.25, -0.2) is 0 Å². The van der Waals surface area contributed by atoms with E-state index < -0.39 is 6.57 Å². The maximum absolute atomic E-state index is 10.5. The summed E-state index contributed by atoms with van der Waals surface area (Å²) < 4.78 is 10.5. The minimum Gasteiger partial charge on any atom is -0.337 e. The van der Waals surface area contributed by atoms with E-state index in [9.17, 15) is 4.57 Å². The Balaban J connectivity index is 3.56. The van der Waals surface area contributed by atoms with Crippen LogP contribution in [-0.4, -0.2) is 16.8 Å². The fourth-order valence-electron chi connectivity index (χ4n) is 0.391. The topological polar surface area (TPSA) is 37.3 Å². The van der Waals surface area contributed by atoms with E-state index in [1.54, 1.807) is 0 Å². The van der Waals surface area contributed by atoms with E-state index in [0.29, 0.717) is 0 Å². The van der Waals surface area contributed by atoms with Crippen molar-refractivity contribution in [3.63, 3.8) is 0 Å². The van der Waals surface area contributed by atoms with Crippen molar-refractivity contribution in [2.45, 2.75) is 19.1 Å². The second-order valence-corrected chi connectivity index (χ2v) is 7.38. The van der Waals surface area contributed by atoms with E-state index in [1.807, 2.05) is 13.8 Å². The molecule has 0 saturated carbocycles. The van der Waals surface area contributed by atoms with Crippen LogP contribution in [0, 0.1) is 0 Å². The fourth-order valence-corrected chi connectivity index (χ4v) is 3.52. The molecule has 0 spiro atoms. The average molecular weight is 154 g/mol. The van der Waals surface area contributed by atoms with Crippen LogP contribution in [0.5, 0.6) is 0 Å². The Labute approximate surface area is 53.9 Å². The lowest BCUT2D eigenvalue weighted by molar-refractivity contribution is 0.503. The molecule has 0 saturated heterocycles. The number of hydrogen-bond donors (Lipinski definition) is 1. The summed E-state index contributed by atoms with van der Waals surface area (Å²) >= 11 is 1.12. The first-order chi connectivity index (χ1) is 3.42. The lowest BCUT2D eigenvalue weighted by Gasteiger charge is -2.05. The van der Waals surface area contributed by atoms with Crippen LogP contribution in [0.2, 0.25) is 0 Å². The fraction of sp³-hybridized carbons (Fsp3) is 1.00. The minimum atomic E-state index is -2.81. The Kier molecular flexibility index (Phi) is 3.10. The standard InChI is InChI=1S/C4H11O2PS/c1-4(2)8-7(3,5)6/h4H,1-3H3,(H,5,6). The molecule has 0 aliphatic rings. The molecule has 1 atom stereocenters. The van der Waals surface area contributed by atoms with Crippen molar-refractivity contribution in [1.82, 2.24) is 0 Å². The van der Waals surface area contributed by atoms with Crippen LogP contribution in [0.25, 0.3) is 0 Å². The molecule has 0 rings (SSSR count). The third-order valence-electron chi connectivity index (χ3n) is 0.406. The molecular weight excluding hydrogens is 143 g/mol. The summed E-state index contributed by atoms with van der Waals surface area (Å²) in [6.45, 7) is 2.35. The van der Waals surface area contributed by atoms with Gasteiger partial charge in [0.05, 0.1) is 0 Å². The van der Waals surface area contributed by atoms with Crippen LogP contribution in [0.15, 0.2) is 0 Å². The number of hydrogen-bond acceptors (Lipinski definition) is 2. The molecule has 0 aliphatic heterocycles. The normalized spacial score (nSPS) is 18.6. The van der Waals surface area contributed by atoms with Gasteiger partial charge >= 0.3 is 0 Å². The van der Waals surface area contributed by atoms with Crippen molar-refractivity contribution >= 4 is 18.0 Å². The highest BCUT2D eigenvalue weighted by Crippen LogP contribution is 2.52. The molecular formula is C4H11O2PS. The monoisotopic (exact) mass is 154 g/mol. The van der Waals surface area contributed by atoms with Gasteiger partial charge in [-0.1, -0.05) is 25.2 Å². The third-order valence-corrected chi connectivity index (χ3v) is 3.66. The summed E-state index contributed by atoms with van der Waals surface area (Å²) in [7, 11) is 0. The van der Waals surface area contributed by atoms with Crippen molar-refractivity contribution in [2.75, 3.05) is 6.66 Å². The first-order valence-electron chi connectivity index (χ1n) is 2.40. The van der Waals surface area contributed by atoms with Gasteiger partial charge in [0.15, 0.2) is 0 Å². The number of rotatable bonds is 2. The molecule has 0 aliphatic carbocycles. The molecule has 0 bridgehead atoms. The Bertz CT molecular complexity index is 107. The van der Waals surface area contributed by atoms with Crippen molar-refractivity contribution in [2.24, 2.45) is 0 Å². The van der Waals surface area contributed by atoms with Gasteiger partial charge < -0.3 is 4.89 Å². The average Bonchev–Trinajstić information content (AvgIpc) is 1.21. The molecule has 0 radical (unpaired) electrons.